The van der Waals surface area contributed by atoms with E-state index < -0.39 is 0 Å². The Labute approximate surface area is 165 Å². The number of methoxy groups -OCH3 is 3. The number of nitrogens with one attached hydrogen (secondary N) is 1. The Kier molecular flexibility index (Phi) is 6.65. The Morgan fingerprint density at radius 1 is 1.04 bits per heavy atom. The minimum atomic E-state index is -0.338. The maximum absolute atomic E-state index is 12.0. The van der Waals surface area contributed by atoms with Gasteiger partial charge in [-0.15, -0.1) is 0 Å². The number of fused-ring (bicyclic) bond motifs is 2. The van der Waals surface area contributed by atoms with Gasteiger partial charge in [-0.3, -0.25) is 9.59 Å². The van der Waals surface area contributed by atoms with E-state index in [9.17, 15) is 9.59 Å². The van der Waals surface area contributed by atoms with Crippen LogP contribution in [0.4, 0.5) is 0 Å². The van der Waals surface area contributed by atoms with E-state index in [0.29, 0.717) is 35.5 Å². The Morgan fingerprint density at radius 3 is 2.29 bits per heavy atom. The second kappa shape index (κ2) is 9.17. The molecule has 2 fully saturated rings. The predicted molar refractivity (Wildman–Crippen MR) is 102 cm³/mol. The molecule has 1 aromatic rings. The molecule has 0 unspecified atom stereocenters. The molecule has 2 aliphatic rings. The lowest BCUT2D eigenvalue weighted by molar-refractivity contribution is -0.149. The Hall–Kier alpha value is -2.44. The zero-order valence-electron chi connectivity index (χ0n) is 16.8. The lowest BCUT2D eigenvalue weighted by Gasteiger charge is -2.20. The van der Waals surface area contributed by atoms with Gasteiger partial charge in [0.25, 0.3) is 5.91 Å². The van der Waals surface area contributed by atoms with Crippen LogP contribution in [0.5, 0.6) is 17.2 Å². The molecule has 0 saturated heterocycles. The quantitative estimate of drug-likeness (QED) is 0.652. The van der Waals surface area contributed by atoms with Crippen molar-refractivity contribution in [2.45, 2.75) is 38.6 Å². The van der Waals surface area contributed by atoms with Gasteiger partial charge in [0.05, 0.1) is 21.3 Å². The molecule has 2 bridgehead atoms. The molecule has 0 radical (unpaired) electrons. The molecule has 2 saturated carbocycles. The van der Waals surface area contributed by atoms with Gasteiger partial charge in [-0.25, -0.2) is 0 Å². The van der Waals surface area contributed by atoms with Gasteiger partial charge in [-0.05, 0) is 54.7 Å². The normalized spacial score (nSPS) is 22.6. The summed E-state index contributed by atoms with van der Waals surface area (Å²) in [6.07, 6.45) is 5.36. The van der Waals surface area contributed by atoms with Gasteiger partial charge < -0.3 is 24.3 Å². The number of rotatable bonds is 9. The van der Waals surface area contributed by atoms with Gasteiger partial charge >= 0.3 is 5.97 Å². The molecule has 28 heavy (non-hydrogen) atoms. The van der Waals surface area contributed by atoms with E-state index in [0.717, 1.165) is 17.9 Å². The highest BCUT2D eigenvalue weighted by molar-refractivity contribution is 5.80. The van der Waals surface area contributed by atoms with Crippen LogP contribution in [0.15, 0.2) is 12.1 Å². The molecule has 0 aliphatic heterocycles. The number of amides is 1. The third-order valence-electron chi connectivity index (χ3n) is 5.89. The molecule has 154 valence electrons. The molecule has 1 amide bonds. The Morgan fingerprint density at radius 2 is 1.75 bits per heavy atom. The molecule has 7 nitrogen and oxygen atoms in total. The smallest absolute Gasteiger partial charge is 0.306 e. The van der Waals surface area contributed by atoms with Crippen molar-refractivity contribution in [3.05, 3.63) is 17.7 Å². The zero-order valence-corrected chi connectivity index (χ0v) is 16.8. The van der Waals surface area contributed by atoms with Crippen molar-refractivity contribution >= 4 is 11.9 Å². The topological polar surface area (TPSA) is 83.1 Å². The van der Waals surface area contributed by atoms with Crippen LogP contribution in [0.3, 0.4) is 0 Å². The molecule has 1 aromatic carbocycles. The van der Waals surface area contributed by atoms with Gasteiger partial charge in [-0.2, -0.15) is 0 Å². The van der Waals surface area contributed by atoms with Crippen LogP contribution in [-0.2, 0) is 20.9 Å². The summed E-state index contributed by atoms with van der Waals surface area (Å²) in [5, 5.41) is 2.75. The van der Waals surface area contributed by atoms with Gasteiger partial charge in [0.15, 0.2) is 18.1 Å². The maximum Gasteiger partial charge on any atom is 0.306 e. The highest BCUT2D eigenvalue weighted by Gasteiger charge is 2.40. The summed E-state index contributed by atoms with van der Waals surface area (Å²) in [6, 6.07) is 3.53. The van der Waals surface area contributed by atoms with Crippen molar-refractivity contribution in [2.24, 2.45) is 17.8 Å². The van der Waals surface area contributed by atoms with E-state index in [4.69, 9.17) is 18.9 Å². The first-order chi connectivity index (χ1) is 13.5. The van der Waals surface area contributed by atoms with E-state index >= 15 is 0 Å². The van der Waals surface area contributed by atoms with Gasteiger partial charge in [0.2, 0.25) is 5.75 Å². The summed E-state index contributed by atoms with van der Waals surface area (Å²) >= 11 is 0. The molecule has 0 aromatic heterocycles. The minimum Gasteiger partial charge on any atom is -0.493 e. The van der Waals surface area contributed by atoms with Crippen LogP contribution in [0.25, 0.3) is 0 Å². The van der Waals surface area contributed by atoms with E-state index in [1.807, 2.05) is 0 Å². The van der Waals surface area contributed by atoms with Gasteiger partial charge in [0, 0.05) is 13.0 Å². The second-order valence-electron chi connectivity index (χ2n) is 7.61. The molecule has 2 aliphatic carbocycles. The fourth-order valence-corrected chi connectivity index (χ4v) is 4.53. The summed E-state index contributed by atoms with van der Waals surface area (Å²) in [4.78, 5) is 24.1. The number of hydrogen-bond acceptors (Lipinski definition) is 6. The lowest BCUT2D eigenvalue weighted by Crippen LogP contribution is -2.29. The monoisotopic (exact) mass is 391 g/mol. The first kappa shape index (κ1) is 20.3. The zero-order chi connectivity index (χ0) is 20.1. The molecular formula is C21H29NO6. The number of carbonyl (C=O) groups is 2. The molecule has 7 heteroatoms. The summed E-state index contributed by atoms with van der Waals surface area (Å²) in [6.45, 7) is 0.00352. The summed E-state index contributed by atoms with van der Waals surface area (Å²) in [5.41, 5.74) is 0.788. The Balaban J connectivity index is 1.44. The van der Waals surface area contributed by atoms with Crippen LogP contribution in [0.1, 0.15) is 37.7 Å². The summed E-state index contributed by atoms with van der Waals surface area (Å²) in [5.74, 6) is 2.82. The van der Waals surface area contributed by atoms with Crippen molar-refractivity contribution in [1.29, 1.82) is 0 Å². The fourth-order valence-electron chi connectivity index (χ4n) is 4.53. The molecule has 3 atom stereocenters. The SMILES string of the molecule is COc1cc(CNC(=O)COC(=O)C[C@H]2C[C@@H]3CC[C@@H]2C3)cc(OC)c1OC. The van der Waals surface area contributed by atoms with E-state index in [-0.39, 0.29) is 25.0 Å². The van der Waals surface area contributed by atoms with E-state index in [1.54, 1.807) is 12.1 Å². The molecule has 3 rings (SSSR count). The number of esters is 1. The van der Waals surface area contributed by atoms with Gasteiger partial charge in [-0.1, -0.05) is 6.42 Å². The average molecular weight is 391 g/mol. The third kappa shape index (κ3) is 4.69. The standard InChI is InChI=1S/C21H29NO6/c1-25-17-8-14(9-18(26-2)21(17)27-3)11-22-19(23)12-28-20(24)10-16-7-13-4-5-15(16)6-13/h8-9,13,15-16H,4-7,10-12H2,1-3H3,(H,22,23)/t13-,15-,16-/m1/s1. The highest BCUT2D eigenvalue weighted by Crippen LogP contribution is 2.49. The average Bonchev–Trinajstić information content (AvgIpc) is 3.32. The Bertz CT molecular complexity index is 694. The molecule has 0 spiro atoms. The van der Waals surface area contributed by atoms with Gasteiger partial charge in [0.1, 0.15) is 0 Å². The number of ether oxygens (including phenoxy) is 4. The minimum absolute atomic E-state index is 0.260. The number of hydrogen-bond donors (Lipinski definition) is 1. The van der Waals surface area contributed by atoms with Crippen molar-refractivity contribution in [2.75, 3.05) is 27.9 Å². The molecular weight excluding hydrogens is 362 g/mol. The van der Waals surface area contributed by atoms with Crippen molar-refractivity contribution < 1.29 is 28.5 Å². The largest absolute Gasteiger partial charge is 0.493 e. The van der Waals surface area contributed by atoms with E-state index in [2.05, 4.69) is 5.32 Å². The van der Waals surface area contributed by atoms with Crippen molar-refractivity contribution in [3.63, 3.8) is 0 Å². The fraction of sp³-hybridized carbons (Fsp3) is 0.619. The first-order valence-corrected chi connectivity index (χ1v) is 9.75. The lowest BCUT2D eigenvalue weighted by atomic mass is 9.86. The summed E-state index contributed by atoms with van der Waals surface area (Å²) in [7, 11) is 4.61. The predicted octanol–water partition coefficient (Wildman–Crippen LogP) is 2.70. The van der Waals surface area contributed by atoms with Crippen LogP contribution < -0.4 is 19.5 Å². The maximum atomic E-state index is 12.0. The third-order valence-corrected chi connectivity index (χ3v) is 5.89. The number of carbonyl (C=O) groups excluding carboxylic acids is 2. The van der Waals surface area contributed by atoms with Crippen LogP contribution in [0, 0.1) is 17.8 Å². The van der Waals surface area contributed by atoms with Crippen molar-refractivity contribution in [1.82, 2.24) is 5.32 Å². The van der Waals surface area contributed by atoms with Crippen molar-refractivity contribution in [3.8, 4) is 17.2 Å². The van der Waals surface area contributed by atoms with E-state index in [1.165, 1.54) is 40.6 Å². The first-order valence-electron chi connectivity index (χ1n) is 9.75. The van der Waals surface area contributed by atoms with Crippen LogP contribution in [-0.4, -0.2) is 39.8 Å². The molecule has 0 heterocycles. The van der Waals surface area contributed by atoms with Crippen LogP contribution >= 0.6 is 0 Å². The number of benzene rings is 1. The van der Waals surface area contributed by atoms with Crippen LogP contribution in [0.2, 0.25) is 0 Å². The highest BCUT2D eigenvalue weighted by atomic mass is 16.5. The summed E-state index contributed by atoms with van der Waals surface area (Å²) < 4.78 is 21.1. The second-order valence-corrected chi connectivity index (χ2v) is 7.61. The molecule has 1 N–H and O–H groups in total.